The van der Waals surface area contributed by atoms with Gasteiger partial charge >= 0.3 is 0 Å². The van der Waals surface area contributed by atoms with Crippen molar-refractivity contribution >= 4 is 23.2 Å². The van der Waals surface area contributed by atoms with E-state index in [0.717, 1.165) is 58.0 Å². The van der Waals surface area contributed by atoms with E-state index in [1.54, 1.807) is 12.1 Å². The molecule has 0 radical (unpaired) electrons. The van der Waals surface area contributed by atoms with Crippen molar-refractivity contribution in [3.05, 3.63) is 46.6 Å². The summed E-state index contributed by atoms with van der Waals surface area (Å²) in [6.07, 6.45) is 1.03. The first-order chi connectivity index (χ1) is 16.0. The van der Waals surface area contributed by atoms with Crippen molar-refractivity contribution in [1.82, 2.24) is 19.7 Å². The highest BCUT2D eigenvalue weighted by atomic mass is 35.5. The van der Waals surface area contributed by atoms with E-state index in [9.17, 15) is 9.90 Å². The molecule has 1 aromatic carbocycles. The summed E-state index contributed by atoms with van der Waals surface area (Å²) in [5, 5.41) is 13.8. The maximum Gasteiger partial charge on any atom is 0.277 e. The maximum atomic E-state index is 12.5. The van der Waals surface area contributed by atoms with Crippen molar-refractivity contribution < 1.29 is 19.1 Å². The molecule has 180 valence electrons. The summed E-state index contributed by atoms with van der Waals surface area (Å²) in [5.41, 5.74) is 1.81. The molecule has 10 heteroatoms. The van der Waals surface area contributed by atoms with Crippen molar-refractivity contribution in [3.8, 4) is 0 Å². The number of nitrogens with zero attached hydrogens (tertiary/aromatic N) is 4. The Morgan fingerprint density at radius 2 is 1.79 bits per heavy atom. The monoisotopic (exact) mass is 477 g/mol. The number of ether oxygens (including phenoxy) is 1. The Hall–Kier alpha value is -2.01. The summed E-state index contributed by atoms with van der Waals surface area (Å²) in [5.74, 6) is 0.187. The van der Waals surface area contributed by atoms with Gasteiger partial charge in [0.05, 0.1) is 25.9 Å². The largest absolute Gasteiger partial charge is 0.447 e. The fourth-order valence-corrected chi connectivity index (χ4v) is 4.29. The molecule has 2 saturated heterocycles. The fraction of sp³-hybridized carbons (Fsp3) is 0.565. The molecule has 33 heavy (non-hydrogen) atoms. The van der Waals surface area contributed by atoms with Gasteiger partial charge in [-0.1, -0.05) is 17.7 Å². The van der Waals surface area contributed by atoms with Crippen LogP contribution < -0.4 is 5.32 Å². The zero-order valence-electron chi connectivity index (χ0n) is 19.0. The average Bonchev–Trinajstić information content (AvgIpc) is 3.27. The van der Waals surface area contributed by atoms with Crippen molar-refractivity contribution in [2.75, 3.05) is 70.9 Å². The van der Waals surface area contributed by atoms with E-state index in [4.69, 9.17) is 20.8 Å². The molecule has 0 spiro atoms. The van der Waals surface area contributed by atoms with Crippen molar-refractivity contribution in [2.24, 2.45) is 0 Å². The number of halogens is 1. The molecule has 2 aromatic rings. The van der Waals surface area contributed by atoms with Crippen LogP contribution in [0.5, 0.6) is 0 Å². The molecule has 0 aliphatic carbocycles. The number of β-amino-alcohol motifs (C(OH)–C–C–N with tert-alkyl or cyclic N) is 1. The SMILES string of the molecule is Cc1ccc(NC(=O)c2coc(CN3CCN(C[C@@H](O)CN4CCOCC4)CC3)n2)cc1Cl. The average molecular weight is 478 g/mol. The molecule has 0 bridgehead atoms. The van der Waals surface area contributed by atoms with Crippen molar-refractivity contribution in [1.29, 1.82) is 0 Å². The number of anilines is 1. The van der Waals surface area contributed by atoms with Crippen molar-refractivity contribution in [3.63, 3.8) is 0 Å². The summed E-state index contributed by atoms with van der Waals surface area (Å²) in [7, 11) is 0. The van der Waals surface area contributed by atoms with Gasteiger partial charge in [0.15, 0.2) is 5.69 Å². The summed E-state index contributed by atoms with van der Waals surface area (Å²) in [4.78, 5) is 23.6. The zero-order chi connectivity index (χ0) is 23.2. The molecule has 2 aliphatic rings. The first kappa shape index (κ1) is 24.1. The minimum Gasteiger partial charge on any atom is -0.447 e. The Morgan fingerprint density at radius 3 is 2.48 bits per heavy atom. The molecule has 1 amide bonds. The standard InChI is InChI=1S/C23H32ClN5O4/c1-17-2-3-18(12-20(17)24)25-23(31)21-16-33-22(26-21)15-28-6-4-27(5-7-28)13-19(30)14-29-8-10-32-11-9-29/h2-3,12,16,19,30H,4-11,13-15H2,1H3,(H,25,31)/t19-/m1/s1. The van der Waals surface area contributed by atoms with Crippen molar-refractivity contribution in [2.45, 2.75) is 19.6 Å². The van der Waals surface area contributed by atoms with Crippen LogP contribution in [0.15, 0.2) is 28.9 Å². The predicted octanol–water partition coefficient (Wildman–Crippen LogP) is 1.70. The number of aliphatic hydroxyl groups excluding tert-OH is 1. The number of nitrogens with one attached hydrogen (secondary N) is 1. The van der Waals surface area contributed by atoms with Crippen LogP contribution in [-0.2, 0) is 11.3 Å². The van der Waals surface area contributed by atoms with Gasteiger partial charge in [0.1, 0.15) is 6.26 Å². The second kappa shape index (κ2) is 11.4. The quantitative estimate of drug-likeness (QED) is 0.593. The Morgan fingerprint density at radius 1 is 1.12 bits per heavy atom. The van der Waals surface area contributed by atoms with E-state index >= 15 is 0 Å². The molecular formula is C23H32ClN5O4. The summed E-state index contributed by atoms with van der Waals surface area (Å²) >= 11 is 6.12. The second-order valence-corrected chi connectivity index (χ2v) is 9.10. The van der Waals surface area contributed by atoms with E-state index in [1.165, 1.54) is 6.26 Å². The molecule has 4 rings (SSSR count). The minimum absolute atomic E-state index is 0.242. The van der Waals surface area contributed by atoms with Gasteiger partial charge in [-0.25, -0.2) is 4.98 Å². The Balaban J connectivity index is 1.20. The summed E-state index contributed by atoms with van der Waals surface area (Å²) in [6.45, 7) is 10.6. The van der Waals surface area contributed by atoms with Gasteiger partial charge in [0.25, 0.3) is 5.91 Å². The van der Waals surface area contributed by atoms with Crippen LogP contribution in [0.25, 0.3) is 0 Å². The molecule has 9 nitrogen and oxygen atoms in total. The van der Waals surface area contributed by atoms with E-state index < -0.39 is 0 Å². The number of morpholine rings is 1. The first-order valence-electron chi connectivity index (χ1n) is 11.4. The number of hydrogen-bond acceptors (Lipinski definition) is 8. The number of benzene rings is 1. The molecule has 1 aromatic heterocycles. The normalized spacial score (nSPS) is 19.5. The van der Waals surface area contributed by atoms with Gasteiger partial charge in [0.2, 0.25) is 5.89 Å². The molecule has 2 N–H and O–H groups in total. The predicted molar refractivity (Wildman–Crippen MR) is 126 cm³/mol. The molecule has 0 unspecified atom stereocenters. The van der Waals surface area contributed by atoms with Gasteiger partial charge in [-0.15, -0.1) is 0 Å². The van der Waals surface area contributed by atoms with Crippen LogP contribution in [0.3, 0.4) is 0 Å². The number of aryl methyl sites for hydroxylation is 1. The smallest absolute Gasteiger partial charge is 0.277 e. The lowest BCUT2D eigenvalue weighted by Gasteiger charge is -2.36. The number of oxazole rings is 1. The molecule has 1 atom stereocenters. The van der Waals surface area contributed by atoms with Crippen LogP contribution in [-0.4, -0.2) is 102 Å². The van der Waals surface area contributed by atoms with Gasteiger partial charge in [-0.2, -0.15) is 0 Å². The number of aliphatic hydroxyl groups is 1. The van der Waals surface area contributed by atoms with E-state index in [2.05, 4.69) is 25.0 Å². The van der Waals surface area contributed by atoms with Crippen LogP contribution in [0.1, 0.15) is 21.9 Å². The van der Waals surface area contributed by atoms with E-state index in [1.807, 2.05) is 13.0 Å². The molecule has 3 heterocycles. The number of piperazine rings is 1. The highest BCUT2D eigenvalue weighted by Crippen LogP contribution is 2.20. The summed E-state index contributed by atoms with van der Waals surface area (Å²) in [6, 6.07) is 5.37. The van der Waals surface area contributed by atoms with Gasteiger partial charge in [-0.05, 0) is 24.6 Å². The summed E-state index contributed by atoms with van der Waals surface area (Å²) < 4.78 is 10.9. The van der Waals surface area contributed by atoms with Gasteiger partial charge in [-0.3, -0.25) is 19.5 Å². The lowest BCUT2D eigenvalue weighted by Crippen LogP contribution is -2.50. The van der Waals surface area contributed by atoms with E-state index in [-0.39, 0.29) is 17.7 Å². The molecular weight excluding hydrogens is 446 g/mol. The van der Waals surface area contributed by atoms with Crippen LogP contribution in [0.4, 0.5) is 5.69 Å². The minimum atomic E-state index is -0.356. The second-order valence-electron chi connectivity index (χ2n) is 8.69. The van der Waals surface area contributed by atoms with E-state index in [0.29, 0.717) is 36.2 Å². The third kappa shape index (κ3) is 6.99. The Bertz CT molecular complexity index is 925. The lowest BCUT2D eigenvalue weighted by atomic mass is 10.2. The number of carbonyl (C=O) groups is 1. The Labute approximate surface area is 199 Å². The highest BCUT2D eigenvalue weighted by molar-refractivity contribution is 6.31. The maximum absolute atomic E-state index is 12.5. The molecule has 2 fully saturated rings. The van der Waals surface area contributed by atoms with Gasteiger partial charge < -0.3 is 19.6 Å². The third-order valence-electron chi connectivity index (χ3n) is 6.08. The molecule has 0 saturated carbocycles. The first-order valence-corrected chi connectivity index (χ1v) is 11.8. The number of rotatable bonds is 8. The number of amides is 1. The zero-order valence-corrected chi connectivity index (χ0v) is 19.8. The van der Waals surface area contributed by atoms with Crippen LogP contribution in [0, 0.1) is 6.92 Å². The topological polar surface area (TPSA) is 94.3 Å². The highest BCUT2D eigenvalue weighted by Gasteiger charge is 2.23. The lowest BCUT2D eigenvalue weighted by molar-refractivity contribution is 0.00187. The van der Waals surface area contributed by atoms with Crippen LogP contribution >= 0.6 is 11.6 Å². The Kier molecular flexibility index (Phi) is 8.34. The number of aromatic nitrogens is 1. The van der Waals surface area contributed by atoms with Crippen LogP contribution in [0.2, 0.25) is 5.02 Å². The fourth-order valence-electron chi connectivity index (χ4n) is 4.11. The number of carbonyl (C=O) groups excluding carboxylic acids is 1. The van der Waals surface area contributed by atoms with Gasteiger partial charge in [0, 0.05) is 63.1 Å². The molecule has 2 aliphatic heterocycles. The number of hydrogen-bond donors (Lipinski definition) is 2. The third-order valence-corrected chi connectivity index (χ3v) is 6.49.